The topological polar surface area (TPSA) is 102 Å². The summed E-state index contributed by atoms with van der Waals surface area (Å²) in [6.07, 6.45) is 0.704. The molecule has 0 unspecified atom stereocenters. The number of amides is 1. The average Bonchev–Trinajstić information content (AvgIpc) is 2.88. The van der Waals surface area contributed by atoms with Crippen LogP contribution >= 0.6 is 0 Å². The Kier molecular flexibility index (Phi) is 4.15. The van der Waals surface area contributed by atoms with E-state index in [1.54, 1.807) is 19.1 Å². The molecule has 2 rings (SSSR count). The fourth-order valence-electron chi connectivity index (χ4n) is 1.83. The van der Waals surface area contributed by atoms with Gasteiger partial charge in [0.25, 0.3) is 5.91 Å². The van der Waals surface area contributed by atoms with Gasteiger partial charge < -0.3 is 9.73 Å². The van der Waals surface area contributed by atoms with Crippen LogP contribution in [0.2, 0.25) is 0 Å². The molecule has 0 aliphatic heterocycles. The third kappa shape index (κ3) is 3.50. The van der Waals surface area contributed by atoms with Crippen LogP contribution in [-0.2, 0) is 16.4 Å². The molecule has 1 amide bonds. The molecule has 0 atom stereocenters. The molecular weight excluding hydrogens is 292 g/mol. The predicted octanol–water partition coefficient (Wildman–Crippen LogP) is 2.05. The lowest BCUT2D eigenvalue weighted by atomic mass is 10.2. The number of benzene rings is 1. The largest absolute Gasteiger partial charge is 0.456 e. The minimum Gasteiger partial charge on any atom is -0.456 e. The van der Waals surface area contributed by atoms with Gasteiger partial charge in [0.05, 0.1) is 4.90 Å². The molecule has 1 aromatic heterocycles. The van der Waals surface area contributed by atoms with Gasteiger partial charge in [-0.3, -0.25) is 4.79 Å². The highest BCUT2D eigenvalue weighted by atomic mass is 32.2. The molecule has 2 aromatic rings. The molecule has 0 spiro atoms. The predicted molar refractivity (Wildman–Crippen MR) is 78.6 cm³/mol. The highest BCUT2D eigenvalue weighted by Crippen LogP contribution is 2.20. The van der Waals surface area contributed by atoms with Crippen LogP contribution < -0.4 is 10.5 Å². The van der Waals surface area contributed by atoms with Crippen LogP contribution in [0.1, 0.15) is 28.8 Å². The maximum absolute atomic E-state index is 12.0. The van der Waals surface area contributed by atoms with Gasteiger partial charge in [-0.2, -0.15) is 0 Å². The van der Waals surface area contributed by atoms with E-state index in [1.807, 2.05) is 6.92 Å². The molecule has 7 heteroatoms. The maximum Gasteiger partial charge on any atom is 0.291 e. The second-order valence-corrected chi connectivity index (χ2v) is 6.16. The molecule has 0 saturated carbocycles. The number of carbonyl (C=O) groups excluding carboxylic acids is 1. The molecule has 0 radical (unpaired) electrons. The maximum atomic E-state index is 12.0. The first-order valence-corrected chi connectivity index (χ1v) is 7.89. The number of furan rings is 1. The summed E-state index contributed by atoms with van der Waals surface area (Å²) in [6, 6.07) is 7.59. The third-order valence-corrected chi connectivity index (χ3v) is 3.92. The van der Waals surface area contributed by atoms with E-state index in [1.165, 1.54) is 18.2 Å². The number of aryl methyl sites for hydroxylation is 2. The molecule has 0 saturated heterocycles. The molecule has 3 N–H and O–H groups in total. The molecule has 0 bridgehead atoms. The van der Waals surface area contributed by atoms with E-state index in [2.05, 4.69) is 5.32 Å². The van der Waals surface area contributed by atoms with E-state index in [0.29, 0.717) is 17.7 Å². The summed E-state index contributed by atoms with van der Waals surface area (Å²) in [5, 5.41) is 7.73. The lowest BCUT2D eigenvalue weighted by molar-refractivity contribution is 0.0995. The lowest BCUT2D eigenvalue weighted by Gasteiger charge is -2.08. The zero-order valence-electron chi connectivity index (χ0n) is 11.7. The van der Waals surface area contributed by atoms with Crippen molar-refractivity contribution >= 4 is 21.6 Å². The number of hydrogen-bond acceptors (Lipinski definition) is 4. The fourth-order valence-corrected chi connectivity index (χ4v) is 2.43. The van der Waals surface area contributed by atoms with E-state index in [-0.39, 0.29) is 16.6 Å². The number of primary sulfonamides is 1. The summed E-state index contributed by atoms with van der Waals surface area (Å²) in [5.41, 5.74) is 1.10. The number of hydrogen-bond donors (Lipinski definition) is 2. The van der Waals surface area contributed by atoms with Crippen LogP contribution in [0.5, 0.6) is 0 Å². The van der Waals surface area contributed by atoms with Gasteiger partial charge >= 0.3 is 0 Å². The van der Waals surface area contributed by atoms with Crippen molar-refractivity contribution in [1.29, 1.82) is 0 Å². The van der Waals surface area contributed by atoms with Crippen LogP contribution in [0.25, 0.3) is 0 Å². The zero-order valence-corrected chi connectivity index (χ0v) is 12.5. The van der Waals surface area contributed by atoms with E-state index in [9.17, 15) is 13.2 Å². The normalized spacial score (nSPS) is 11.4. The molecule has 0 aliphatic rings. The molecule has 112 valence electrons. The van der Waals surface area contributed by atoms with Crippen LogP contribution in [0.3, 0.4) is 0 Å². The molecule has 6 nitrogen and oxygen atoms in total. The Morgan fingerprint density at radius 3 is 2.52 bits per heavy atom. The molecule has 21 heavy (non-hydrogen) atoms. The number of nitrogens with two attached hydrogens (primary N) is 1. The van der Waals surface area contributed by atoms with Crippen LogP contribution in [0, 0.1) is 6.92 Å². The Morgan fingerprint density at radius 1 is 1.29 bits per heavy atom. The number of rotatable bonds is 4. The van der Waals surface area contributed by atoms with Crippen LogP contribution in [0.4, 0.5) is 5.69 Å². The molecule has 1 aromatic carbocycles. The second kappa shape index (κ2) is 5.71. The number of carbonyl (C=O) groups is 1. The van der Waals surface area contributed by atoms with Gasteiger partial charge in [-0.15, -0.1) is 0 Å². The highest BCUT2D eigenvalue weighted by Gasteiger charge is 2.14. The summed E-state index contributed by atoms with van der Waals surface area (Å²) in [4.78, 5) is 12.0. The van der Waals surface area contributed by atoms with Gasteiger partial charge in [0.1, 0.15) is 5.76 Å². The van der Waals surface area contributed by atoms with Crippen molar-refractivity contribution in [1.82, 2.24) is 0 Å². The standard InChI is InChI=1S/C14H16N2O4S/c1-3-10-4-7-13(20-10)14(17)16-12-6-5-11(8-9(12)2)21(15,18)19/h4-8H,3H2,1-2H3,(H,16,17)(H2,15,18,19). The van der Waals surface area contributed by atoms with Crippen molar-refractivity contribution in [3.05, 3.63) is 47.4 Å². The van der Waals surface area contributed by atoms with Gasteiger partial charge in [0.15, 0.2) is 5.76 Å². The Labute approximate surface area is 123 Å². The van der Waals surface area contributed by atoms with Crippen molar-refractivity contribution in [2.75, 3.05) is 5.32 Å². The molecule has 0 fully saturated rings. The summed E-state index contributed by atoms with van der Waals surface area (Å²) < 4.78 is 27.9. The smallest absolute Gasteiger partial charge is 0.291 e. The number of anilines is 1. The summed E-state index contributed by atoms with van der Waals surface area (Å²) >= 11 is 0. The number of nitrogens with one attached hydrogen (secondary N) is 1. The van der Waals surface area contributed by atoms with E-state index in [0.717, 1.165) is 5.76 Å². The molecule has 1 heterocycles. The van der Waals surface area contributed by atoms with Crippen molar-refractivity contribution < 1.29 is 17.6 Å². The van der Waals surface area contributed by atoms with Crippen molar-refractivity contribution in [3.63, 3.8) is 0 Å². The second-order valence-electron chi connectivity index (χ2n) is 4.60. The first-order valence-electron chi connectivity index (χ1n) is 6.34. The monoisotopic (exact) mass is 308 g/mol. The van der Waals surface area contributed by atoms with Crippen molar-refractivity contribution in [3.8, 4) is 0 Å². The highest BCUT2D eigenvalue weighted by molar-refractivity contribution is 7.89. The van der Waals surface area contributed by atoms with Gasteiger partial charge in [0, 0.05) is 12.1 Å². The summed E-state index contributed by atoms with van der Waals surface area (Å²) in [7, 11) is -3.75. The number of sulfonamides is 1. The Hall–Kier alpha value is -2.12. The minimum atomic E-state index is -3.75. The van der Waals surface area contributed by atoms with Crippen molar-refractivity contribution in [2.24, 2.45) is 5.14 Å². The quantitative estimate of drug-likeness (QED) is 0.902. The van der Waals surface area contributed by atoms with Crippen LogP contribution in [0.15, 0.2) is 39.6 Å². The third-order valence-electron chi connectivity index (χ3n) is 3.01. The SMILES string of the molecule is CCc1ccc(C(=O)Nc2ccc(S(N)(=O)=O)cc2C)o1. The van der Waals surface area contributed by atoms with E-state index < -0.39 is 10.0 Å². The van der Waals surface area contributed by atoms with E-state index >= 15 is 0 Å². The lowest BCUT2D eigenvalue weighted by Crippen LogP contribution is -2.14. The summed E-state index contributed by atoms with van der Waals surface area (Å²) in [5.74, 6) is 0.546. The zero-order chi connectivity index (χ0) is 15.6. The molecule has 0 aliphatic carbocycles. The van der Waals surface area contributed by atoms with Crippen molar-refractivity contribution in [2.45, 2.75) is 25.2 Å². The minimum absolute atomic E-state index is 0.00395. The van der Waals surface area contributed by atoms with Gasteiger partial charge in [-0.1, -0.05) is 6.92 Å². The first-order chi connectivity index (χ1) is 9.81. The van der Waals surface area contributed by atoms with Crippen LogP contribution in [-0.4, -0.2) is 14.3 Å². The van der Waals surface area contributed by atoms with Gasteiger partial charge in [0.2, 0.25) is 10.0 Å². The Bertz CT molecular complexity index is 778. The first kappa shape index (κ1) is 15.3. The van der Waals surface area contributed by atoms with Gasteiger partial charge in [-0.05, 0) is 42.8 Å². The van der Waals surface area contributed by atoms with Gasteiger partial charge in [-0.25, -0.2) is 13.6 Å². The van der Waals surface area contributed by atoms with E-state index in [4.69, 9.17) is 9.56 Å². The fraction of sp³-hybridized carbons (Fsp3) is 0.214. The molecular formula is C14H16N2O4S. The average molecular weight is 308 g/mol. The Morgan fingerprint density at radius 2 is 2.00 bits per heavy atom. The summed E-state index contributed by atoms with van der Waals surface area (Å²) in [6.45, 7) is 3.61. The Balaban J connectivity index is 2.22.